The third kappa shape index (κ3) is 11.9. The highest BCUT2D eigenvalue weighted by molar-refractivity contribution is 5.69. The number of aliphatic hydroxyl groups excluding tert-OH is 1. The predicted molar refractivity (Wildman–Crippen MR) is 100 cm³/mol. The first-order chi connectivity index (χ1) is 11.7. The number of carboxylic acids is 1. The maximum atomic E-state index is 11.4. The van der Waals surface area contributed by atoms with E-state index in [9.17, 15) is 15.0 Å². The first-order valence-corrected chi connectivity index (χ1v) is 10.6. The van der Waals surface area contributed by atoms with Crippen molar-refractivity contribution in [1.29, 1.82) is 0 Å². The molecule has 0 aliphatic heterocycles. The smallest absolute Gasteiger partial charge is 0.306 e. The molecule has 0 amide bonds. The standard InChI is InChI=1S/C21H40O3/c22-20-16-14-12-10-8-6-4-2-1-3-5-7-9-11-13-15-19(17-18-20)21(23)24/h19-20,22H,1-18H2,(H,23,24). The molecule has 0 saturated heterocycles. The van der Waals surface area contributed by atoms with E-state index in [-0.39, 0.29) is 12.0 Å². The SMILES string of the molecule is O=C(O)C1CCCCCCCCCCCCCCCCC(O)CC1. The lowest BCUT2D eigenvalue weighted by Gasteiger charge is -2.15. The average molecular weight is 341 g/mol. The Morgan fingerprint density at radius 2 is 0.917 bits per heavy atom. The summed E-state index contributed by atoms with van der Waals surface area (Å²) in [5.74, 6) is -0.936. The molecule has 1 aliphatic rings. The van der Waals surface area contributed by atoms with Crippen LogP contribution in [0.4, 0.5) is 0 Å². The third-order valence-electron chi connectivity index (χ3n) is 5.54. The number of carbonyl (C=O) groups is 1. The van der Waals surface area contributed by atoms with Crippen molar-refractivity contribution < 1.29 is 15.0 Å². The van der Waals surface area contributed by atoms with E-state index in [0.717, 1.165) is 32.1 Å². The van der Waals surface area contributed by atoms with Crippen molar-refractivity contribution in [1.82, 2.24) is 0 Å². The van der Waals surface area contributed by atoms with Gasteiger partial charge in [-0.15, -0.1) is 0 Å². The molecular formula is C21H40O3. The van der Waals surface area contributed by atoms with Gasteiger partial charge >= 0.3 is 5.97 Å². The van der Waals surface area contributed by atoms with E-state index >= 15 is 0 Å². The summed E-state index contributed by atoms with van der Waals surface area (Å²) in [5.41, 5.74) is 0. The van der Waals surface area contributed by atoms with Gasteiger partial charge in [0.25, 0.3) is 0 Å². The molecule has 0 aromatic rings. The van der Waals surface area contributed by atoms with Crippen molar-refractivity contribution in [2.75, 3.05) is 0 Å². The quantitative estimate of drug-likeness (QED) is 0.608. The molecule has 2 unspecified atom stereocenters. The van der Waals surface area contributed by atoms with Gasteiger partial charge in [0.15, 0.2) is 0 Å². The van der Waals surface area contributed by atoms with Gasteiger partial charge in [-0.25, -0.2) is 0 Å². The van der Waals surface area contributed by atoms with Gasteiger partial charge in [-0.05, 0) is 25.7 Å². The summed E-state index contributed by atoms with van der Waals surface area (Å²) in [6.45, 7) is 0. The molecule has 3 nitrogen and oxygen atoms in total. The van der Waals surface area contributed by atoms with Crippen LogP contribution < -0.4 is 0 Å². The zero-order valence-corrected chi connectivity index (χ0v) is 15.7. The van der Waals surface area contributed by atoms with Gasteiger partial charge in [-0.2, -0.15) is 0 Å². The predicted octanol–water partition coefficient (Wildman–Crippen LogP) is 6.08. The molecule has 0 aromatic carbocycles. The zero-order chi connectivity index (χ0) is 17.5. The molecule has 0 spiro atoms. The summed E-state index contributed by atoms with van der Waals surface area (Å²) < 4.78 is 0. The highest BCUT2D eigenvalue weighted by atomic mass is 16.4. The van der Waals surface area contributed by atoms with Crippen molar-refractivity contribution in [3.8, 4) is 0 Å². The summed E-state index contributed by atoms with van der Waals surface area (Å²) in [4.78, 5) is 11.4. The summed E-state index contributed by atoms with van der Waals surface area (Å²) in [5, 5.41) is 19.4. The van der Waals surface area contributed by atoms with Gasteiger partial charge < -0.3 is 10.2 Å². The molecule has 1 aliphatic carbocycles. The zero-order valence-electron chi connectivity index (χ0n) is 15.7. The third-order valence-corrected chi connectivity index (χ3v) is 5.54. The normalized spacial score (nSPS) is 28.0. The molecule has 2 N–H and O–H groups in total. The van der Waals surface area contributed by atoms with E-state index in [2.05, 4.69) is 0 Å². The van der Waals surface area contributed by atoms with E-state index in [1.807, 2.05) is 0 Å². The van der Waals surface area contributed by atoms with Gasteiger partial charge in [0.2, 0.25) is 0 Å². The lowest BCUT2D eigenvalue weighted by atomic mass is 9.93. The molecule has 0 bridgehead atoms. The Kier molecular flexibility index (Phi) is 13.2. The van der Waals surface area contributed by atoms with Crippen molar-refractivity contribution in [2.45, 2.75) is 122 Å². The molecular weight excluding hydrogens is 300 g/mol. The van der Waals surface area contributed by atoms with Crippen LogP contribution in [0.5, 0.6) is 0 Å². The molecule has 142 valence electrons. The Hall–Kier alpha value is -0.570. The van der Waals surface area contributed by atoms with Crippen molar-refractivity contribution in [3.63, 3.8) is 0 Å². The minimum atomic E-state index is -0.677. The van der Waals surface area contributed by atoms with Gasteiger partial charge in [0.1, 0.15) is 0 Å². The second kappa shape index (κ2) is 14.7. The average Bonchev–Trinajstić information content (AvgIpc) is 2.55. The van der Waals surface area contributed by atoms with Crippen LogP contribution >= 0.6 is 0 Å². The van der Waals surface area contributed by atoms with Crippen LogP contribution in [0.3, 0.4) is 0 Å². The van der Waals surface area contributed by atoms with Crippen LogP contribution in [0.2, 0.25) is 0 Å². The highest BCUT2D eigenvalue weighted by Gasteiger charge is 2.18. The second-order valence-corrected chi connectivity index (χ2v) is 7.79. The van der Waals surface area contributed by atoms with E-state index in [0.29, 0.717) is 12.8 Å². The fourth-order valence-corrected chi connectivity index (χ4v) is 3.82. The lowest BCUT2D eigenvalue weighted by Crippen LogP contribution is -2.17. The Labute approximate surface area is 149 Å². The fourth-order valence-electron chi connectivity index (χ4n) is 3.82. The van der Waals surface area contributed by atoms with E-state index in [4.69, 9.17) is 0 Å². The number of aliphatic hydroxyl groups is 1. The van der Waals surface area contributed by atoms with Gasteiger partial charge in [-0.3, -0.25) is 4.79 Å². The van der Waals surface area contributed by atoms with Crippen LogP contribution in [-0.4, -0.2) is 22.3 Å². The summed E-state index contributed by atoms with van der Waals surface area (Å²) in [6, 6.07) is 0. The molecule has 1 saturated carbocycles. The Morgan fingerprint density at radius 1 is 0.542 bits per heavy atom. The van der Waals surface area contributed by atoms with Crippen LogP contribution in [0.25, 0.3) is 0 Å². The largest absolute Gasteiger partial charge is 0.481 e. The minimum Gasteiger partial charge on any atom is -0.481 e. The monoisotopic (exact) mass is 340 g/mol. The van der Waals surface area contributed by atoms with E-state index in [1.54, 1.807) is 0 Å². The maximum absolute atomic E-state index is 11.4. The van der Waals surface area contributed by atoms with Crippen LogP contribution in [0, 0.1) is 5.92 Å². The Bertz CT molecular complexity index is 303. The molecule has 3 heteroatoms. The highest BCUT2D eigenvalue weighted by Crippen LogP contribution is 2.21. The van der Waals surface area contributed by atoms with Gasteiger partial charge in [-0.1, -0.05) is 89.9 Å². The van der Waals surface area contributed by atoms with E-state index < -0.39 is 5.97 Å². The minimum absolute atomic E-state index is 0.259. The maximum Gasteiger partial charge on any atom is 0.306 e. The molecule has 1 rings (SSSR count). The van der Waals surface area contributed by atoms with Crippen molar-refractivity contribution >= 4 is 5.97 Å². The first kappa shape index (κ1) is 21.5. The molecule has 0 aromatic heterocycles. The van der Waals surface area contributed by atoms with Crippen LogP contribution in [0.15, 0.2) is 0 Å². The number of hydrogen-bond donors (Lipinski definition) is 2. The molecule has 0 heterocycles. The van der Waals surface area contributed by atoms with Crippen molar-refractivity contribution in [2.24, 2.45) is 5.92 Å². The topological polar surface area (TPSA) is 57.5 Å². The van der Waals surface area contributed by atoms with Gasteiger partial charge in [0.05, 0.1) is 12.0 Å². The Balaban J connectivity index is 2.30. The number of hydrogen-bond acceptors (Lipinski definition) is 2. The van der Waals surface area contributed by atoms with Crippen LogP contribution in [0.1, 0.15) is 116 Å². The number of rotatable bonds is 1. The lowest BCUT2D eigenvalue weighted by molar-refractivity contribution is -0.142. The fraction of sp³-hybridized carbons (Fsp3) is 0.952. The molecule has 24 heavy (non-hydrogen) atoms. The molecule has 2 atom stereocenters. The molecule has 1 fully saturated rings. The summed E-state index contributed by atoms with van der Waals surface area (Å²) in [6.07, 6.45) is 20.5. The summed E-state index contributed by atoms with van der Waals surface area (Å²) >= 11 is 0. The van der Waals surface area contributed by atoms with Gasteiger partial charge in [0, 0.05) is 0 Å². The molecule has 0 radical (unpaired) electrons. The van der Waals surface area contributed by atoms with E-state index in [1.165, 1.54) is 70.6 Å². The van der Waals surface area contributed by atoms with Crippen molar-refractivity contribution in [3.05, 3.63) is 0 Å². The summed E-state index contributed by atoms with van der Waals surface area (Å²) in [7, 11) is 0. The Morgan fingerprint density at radius 3 is 1.33 bits per heavy atom. The number of aliphatic carboxylic acids is 1. The first-order valence-electron chi connectivity index (χ1n) is 10.6. The second-order valence-electron chi connectivity index (χ2n) is 7.79. The van der Waals surface area contributed by atoms with Crippen LogP contribution in [-0.2, 0) is 4.79 Å². The number of carboxylic acid groups (broad SMARTS) is 1.